The number of phenols is 1. The number of benzene rings is 3. The van der Waals surface area contributed by atoms with E-state index in [1.165, 1.54) is 22.9 Å². The van der Waals surface area contributed by atoms with Gasteiger partial charge in [-0.2, -0.15) is 0 Å². The molecule has 0 atom stereocenters. The van der Waals surface area contributed by atoms with E-state index in [-0.39, 0.29) is 11.7 Å². The number of hydrogen-bond donors (Lipinski definition) is 1. The molecule has 3 aromatic rings. The molecule has 7 heteroatoms. The maximum Gasteiger partial charge on any atom is 0.271 e. The van der Waals surface area contributed by atoms with Gasteiger partial charge in [0.2, 0.25) is 0 Å². The lowest BCUT2D eigenvalue weighted by atomic mass is 10.1. The number of nitrogens with zero attached hydrogens (tertiary/aromatic N) is 2. The number of anilines is 1. The number of rotatable bonds is 5. The summed E-state index contributed by atoms with van der Waals surface area (Å²) in [7, 11) is 0. The maximum atomic E-state index is 13.5. The van der Waals surface area contributed by atoms with Gasteiger partial charge in [-0.1, -0.05) is 38.1 Å². The van der Waals surface area contributed by atoms with Gasteiger partial charge in [-0.25, -0.2) is 4.99 Å². The van der Waals surface area contributed by atoms with Crippen LogP contribution in [0.4, 0.5) is 11.4 Å². The minimum absolute atomic E-state index is 0.105. The number of carbonyl (C=O) groups is 1. The van der Waals surface area contributed by atoms with Crippen LogP contribution in [0.25, 0.3) is 6.08 Å². The summed E-state index contributed by atoms with van der Waals surface area (Å²) >= 11 is 5.57. The van der Waals surface area contributed by atoms with E-state index in [4.69, 9.17) is 4.99 Å². The molecule has 0 radical (unpaired) electrons. The number of amides is 1. The van der Waals surface area contributed by atoms with Crippen molar-refractivity contribution in [3.8, 4) is 5.75 Å². The fourth-order valence-electron chi connectivity index (χ4n) is 3.39. The van der Waals surface area contributed by atoms with Crippen LogP contribution in [0.5, 0.6) is 5.75 Å². The molecule has 1 fully saturated rings. The van der Waals surface area contributed by atoms with Crippen LogP contribution >= 0.6 is 56.9 Å². The Hall–Kier alpha value is -1.85. The van der Waals surface area contributed by atoms with E-state index >= 15 is 0 Å². The molecular formula is C26H22I2N2O2S. The quantitative estimate of drug-likeness (QED) is 0.224. The second kappa shape index (κ2) is 10.6. The van der Waals surface area contributed by atoms with Crippen molar-refractivity contribution in [2.24, 2.45) is 4.99 Å². The van der Waals surface area contributed by atoms with E-state index in [1.54, 1.807) is 4.90 Å². The molecule has 0 saturated carbocycles. The van der Waals surface area contributed by atoms with Crippen molar-refractivity contribution in [2.45, 2.75) is 26.7 Å². The first-order valence-corrected chi connectivity index (χ1v) is 13.6. The molecule has 0 aliphatic carbocycles. The monoisotopic (exact) mass is 680 g/mol. The van der Waals surface area contributed by atoms with Crippen LogP contribution in [0.2, 0.25) is 0 Å². The fourth-order valence-corrected chi connectivity index (χ4v) is 6.21. The highest BCUT2D eigenvalue weighted by Gasteiger charge is 2.34. The Morgan fingerprint density at radius 2 is 1.48 bits per heavy atom. The van der Waals surface area contributed by atoms with Crippen molar-refractivity contribution in [2.75, 3.05) is 4.90 Å². The summed E-state index contributed by atoms with van der Waals surface area (Å²) in [6.45, 7) is 4.23. The van der Waals surface area contributed by atoms with E-state index in [9.17, 15) is 9.90 Å². The molecule has 1 saturated heterocycles. The van der Waals surface area contributed by atoms with E-state index in [0.29, 0.717) is 10.1 Å². The number of hydrogen-bond acceptors (Lipinski definition) is 4. The predicted octanol–water partition coefficient (Wildman–Crippen LogP) is 7.53. The smallest absolute Gasteiger partial charge is 0.271 e. The van der Waals surface area contributed by atoms with Crippen molar-refractivity contribution in [3.63, 3.8) is 0 Å². The summed E-state index contributed by atoms with van der Waals surface area (Å²) in [6.07, 6.45) is 3.78. The van der Waals surface area contributed by atoms with Gasteiger partial charge in [0, 0.05) is 0 Å². The number of carbonyl (C=O) groups excluding carboxylic acids is 1. The van der Waals surface area contributed by atoms with Gasteiger partial charge in [-0.3, -0.25) is 9.69 Å². The average molecular weight is 680 g/mol. The molecule has 1 aliphatic heterocycles. The Balaban J connectivity index is 1.76. The highest BCUT2D eigenvalue weighted by Crippen LogP contribution is 2.38. The van der Waals surface area contributed by atoms with E-state index < -0.39 is 0 Å². The molecule has 1 N–H and O–H groups in total. The van der Waals surface area contributed by atoms with Crippen LogP contribution in [0.1, 0.15) is 30.5 Å². The van der Waals surface area contributed by atoms with Crippen molar-refractivity contribution < 1.29 is 9.90 Å². The summed E-state index contributed by atoms with van der Waals surface area (Å²) in [5.74, 6) is 0.158. The molecule has 33 heavy (non-hydrogen) atoms. The largest absolute Gasteiger partial charge is 0.506 e. The average Bonchev–Trinajstić information content (AvgIpc) is 3.12. The first-order chi connectivity index (χ1) is 15.9. The fraction of sp³-hybridized carbons (Fsp3) is 0.154. The second-order valence-electron chi connectivity index (χ2n) is 7.52. The molecule has 4 nitrogen and oxygen atoms in total. The summed E-state index contributed by atoms with van der Waals surface area (Å²) in [4.78, 5) is 20.6. The molecule has 0 spiro atoms. The van der Waals surface area contributed by atoms with Gasteiger partial charge in [-0.05, 0) is 129 Å². The molecule has 1 amide bonds. The zero-order valence-electron chi connectivity index (χ0n) is 18.2. The lowest BCUT2D eigenvalue weighted by Gasteiger charge is -2.16. The van der Waals surface area contributed by atoms with E-state index in [1.807, 2.05) is 54.6 Å². The van der Waals surface area contributed by atoms with Crippen molar-refractivity contribution >= 4 is 85.5 Å². The van der Waals surface area contributed by atoms with E-state index in [0.717, 1.165) is 36.9 Å². The lowest BCUT2D eigenvalue weighted by molar-refractivity contribution is -0.113. The standard InChI is InChI=1S/C26H22I2N2O2S/c1-3-16-5-9-19(10-6-16)29-26-30(20-11-7-17(4-2)8-12-20)25(32)23(33-26)15-18-13-21(27)24(31)22(28)14-18/h5-15,31H,3-4H2,1-2H3/b23-15-,29-26?. The minimum atomic E-state index is -0.105. The molecule has 0 aromatic heterocycles. The van der Waals surface area contributed by atoms with Gasteiger partial charge in [0.15, 0.2) is 5.17 Å². The first kappa shape index (κ1) is 24.3. The Kier molecular flexibility index (Phi) is 7.80. The van der Waals surface area contributed by atoms with Gasteiger partial charge >= 0.3 is 0 Å². The summed E-state index contributed by atoms with van der Waals surface area (Å²) in [6, 6.07) is 19.9. The maximum absolute atomic E-state index is 13.5. The molecule has 4 rings (SSSR count). The normalized spacial score (nSPS) is 16.2. The van der Waals surface area contributed by atoms with Crippen molar-refractivity contribution in [3.05, 3.63) is 89.4 Å². The van der Waals surface area contributed by atoms with Gasteiger partial charge in [0.05, 0.1) is 23.4 Å². The number of thioether (sulfide) groups is 1. The number of amidine groups is 1. The molecule has 3 aromatic carbocycles. The Morgan fingerprint density at radius 1 is 0.939 bits per heavy atom. The van der Waals surface area contributed by atoms with Crippen LogP contribution in [0.15, 0.2) is 70.6 Å². The number of halogens is 2. The first-order valence-electron chi connectivity index (χ1n) is 10.6. The Morgan fingerprint density at radius 3 is 2.03 bits per heavy atom. The third kappa shape index (κ3) is 5.46. The molecule has 0 unspecified atom stereocenters. The minimum Gasteiger partial charge on any atom is -0.506 e. The van der Waals surface area contributed by atoms with E-state index in [2.05, 4.69) is 71.2 Å². The Bertz CT molecular complexity index is 1230. The number of aryl methyl sites for hydroxylation is 2. The summed E-state index contributed by atoms with van der Waals surface area (Å²) < 4.78 is 1.50. The van der Waals surface area contributed by atoms with Crippen LogP contribution < -0.4 is 4.90 Å². The van der Waals surface area contributed by atoms with Crippen LogP contribution in [-0.2, 0) is 17.6 Å². The molecule has 0 bridgehead atoms. The third-order valence-corrected chi connectivity index (χ3v) is 7.93. The van der Waals surface area contributed by atoms with Gasteiger partial charge in [-0.15, -0.1) is 0 Å². The molecule has 1 heterocycles. The Labute approximate surface area is 225 Å². The predicted molar refractivity (Wildman–Crippen MR) is 155 cm³/mol. The lowest BCUT2D eigenvalue weighted by Crippen LogP contribution is -2.28. The van der Waals surface area contributed by atoms with Gasteiger partial charge in [0.1, 0.15) is 5.75 Å². The number of aromatic hydroxyl groups is 1. The number of phenolic OH excluding ortho intramolecular Hbond substituents is 1. The van der Waals surface area contributed by atoms with Crippen LogP contribution in [-0.4, -0.2) is 16.2 Å². The highest BCUT2D eigenvalue weighted by molar-refractivity contribution is 14.1. The van der Waals surface area contributed by atoms with Crippen molar-refractivity contribution in [1.82, 2.24) is 0 Å². The SMILES string of the molecule is CCc1ccc(N=C2S/C(=C\c3cc(I)c(O)c(I)c3)C(=O)N2c2ccc(CC)cc2)cc1. The third-order valence-electron chi connectivity index (χ3n) is 5.32. The summed E-state index contributed by atoms with van der Waals surface area (Å²) in [5.41, 5.74) is 4.95. The summed E-state index contributed by atoms with van der Waals surface area (Å²) in [5, 5.41) is 10.7. The zero-order chi connectivity index (χ0) is 23.5. The second-order valence-corrected chi connectivity index (χ2v) is 10.9. The van der Waals surface area contributed by atoms with Gasteiger partial charge in [0.25, 0.3) is 5.91 Å². The zero-order valence-corrected chi connectivity index (χ0v) is 23.3. The molecular weight excluding hydrogens is 658 g/mol. The number of aliphatic imine (C=N–C) groups is 1. The van der Waals surface area contributed by atoms with Crippen LogP contribution in [0, 0.1) is 7.14 Å². The molecule has 1 aliphatic rings. The molecule has 168 valence electrons. The highest BCUT2D eigenvalue weighted by atomic mass is 127. The van der Waals surface area contributed by atoms with Crippen molar-refractivity contribution in [1.29, 1.82) is 0 Å². The topological polar surface area (TPSA) is 52.9 Å². The van der Waals surface area contributed by atoms with Crippen LogP contribution in [0.3, 0.4) is 0 Å². The van der Waals surface area contributed by atoms with Gasteiger partial charge < -0.3 is 5.11 Å².